The Morgan fingerprint density at radius 1 is 1.33 bits per heavy atom. The van der Waals surface area contributed by atoms with Crippen molar-refractivity contribution >= 4 is 18.1 Å². The Morgan fingerprint density at radius 3 is 2.44 bits per heavy atom. The second-order valence-electron chi connectivity index (χ2n) is 3.61. The Kier molecular flexibility index (Phi) is 4.94. The van der Waals surface area contributed by atoms with Crippen LogP contribution in [0.3, 0.4) is 0 Å². The predicted molar refractivity (Wildman–Crippen MR) is 65.2 cm³/mol. The number of nitrogens with zero attached hydrogens (tertiary/aromatic N) is 1. The van der Waals surface area contributed by atoms with Crippen molar-refractivity contribution in [1.82, 2.24) is 4.90 Å². The number of nitrogens with one attached hydrogen (secondary N) is 1. The van der Waals surface area contributed by atoms with Gasteiger partial charge in [-0.2, -0.15) is 0 Å². The summed E-state index contributed by atoms with van der Waals surface area (Å²) >= 11 is 0. The molecule has 7 nitrogen and oxygen atoms in total. The fourth-order valence-corrected chi connectivity index (χ4v) is 1.33. The monoisotopic (exact) mass is 253 g/mol. The normalized spacial score (nSPS) is 9.83. The Balaban J connectivity index is 2.70. The molecule has 0 aliphatic carbocycles. The summed E-state index contributed by atoms with van der Waals surface area (Å²) in [6, 6.07) is 2.98. The molecule has 1 aromatic carbocycles. The summed E-state index contributed by atoms with van der Waals surface area (Å²) in [5.74, 6) is -0.380. The minimum absolute atomic E-state index is 0.190. The van der Waals surface area contributed by atoms with Gasteiger partial charge in [0.2, 0.25) is 6.41 Å². The van der Waals surface area contributed by atoms with Gasteiger partial charge in [-0.1, -0.05) is 0 Å². The number of aromatic hydroxyl groups is 2. The third-order valence-corrected chi connectivity index (χ3v) is 2.15. The van der Waals surface area contributed by atoms with Gasteiger partial charge >= 0.3 is 6.03 Å². The minimum atomic E-state index is -0.650. The van der Waals surface area contributed by atoms with Crippen LogP contribution in [0.1, 0.15) is 6.42 Å². The van der Waals surface area contributed by atoms with Crippen LogP contribution in [-0.4, -0.2) is 40.6 Å². The van der Waals surface area contributed by atoms with Gasteiger partial charge in [0.15, 0.2) is 0 Å². The van der Waals surface area contributed by atoms with Crippen LogP contribution in [0.5, 0.6) is 11.5 Å². The smallest absolute Gasteiger partial charge is 0.328 e. The van der Waals surface area contributed by atoms with Gasteiger partial charge in [-0.05, 0) is 13.0 Å². The van der Waals surface area contributed by atoms with Gasteiger partial charge in [0, 0.05) is 30.4 Å². The fraction of sp³-hybridized carbons (Fsp3) is 0.273. The van der Waals surface area contributed by atoms with Crippen LogP contribution in [0.15, 0.2) is 18.2 Å². The van der Waals surface area contributed by atoms with E-state index in [0.29, 0.717) is 19.4 Å². The van der Waals surface area contributed by atoms with E-state index in [9.17, 15) is 19.8 Å². The topological polar surface area (TPSA) is 116 Å². The van der Waals surface area contributed by atoms with Crippen LogP contribution >= 0.6 is 0 Å². The van der Waals surface area contributed by atoms with Crippen LogP contribution < -0.4 is 11.1 Å². The summed E-state index contributed by atoms with van der Waals surface area (Å²) in [6.07, 6.45) is 0.894. The number of imide groups is 1. The number of nitrogens with two attached hydrogens (primary N) is 1. The Hall–Kier alpha value is -2.28. The number of rotatable bonds is 5. The molecule has 98 valence electrons. The lowest BCUT2D eigenvalue weighted by atomic mass is 10.3. The van der Waals surface area contributed by atoms with Crippen molar-refractivity contribution in [3.63, 3.8) is 0 Å². The first-order valence-electron chi connectivity index (χ1n) is 5.33. The molecule has 5 N–H and O–H groups in total. The second kappa shape index (κ2) is 6.45. The summed E-state index contributed by atoms with van der Waals surface area (Å²) in [4.78, 5) is 23.3. The number of phenolic OH excluding ortho intramolecular Hbond substituents is 2. The number of amides is 3. The third-order valence-electron chi connectivity index (χ3n) is 2.15. The number of urea groups is 1. The average Bonchev–Trinajstić information content (AvgIpc) is 2.28. The highest BCUT2D eigenvalue weighted by atomic mass is 16.3. The maximum atomic E-state index is 11.7. The second-order valence-corrected chi connectivity index (χ2v) is 3.61. The van der Waals surface area contributed by atoms with Gasteiger partial charge in [0.25, 0.3) is 0 Å². The Labute approximate surface area is 104 Å². The quantitative estimate of drug-likeness (QED) is 0.568. The molecule has 0 unspecified atom stereocenters. The van der Waals surface area contributed by atoms with E-state index in [4.69, 9.17) is 5.73 Å². The molecule has 0 spiro atoms. The van der Waals surface area contributed by atoms with Gasteiger partial charge in [-0.3, -0.25) is 9.69 Å². The van der Waals surface area contributed by atoms with Crippen LogP contribution in [0.25, 0.3) is 0 Å². The molecule has 1 rings (SSSR count). The molecule has 0 heterocycles. The Morgan fingerprint density at radius 2 is 1.94 bits per heavy atom. The first kappa shape index (κ1) is 13.8. The zero-order valence-electron chi connectivity index (χ0n) is 9.67. The molecule has 0 saturated carbocycles. The molecule has 0 aromatic heterocycles. The molecule has 0 aliphatic rings. The first-order valence-corrected chi connectivity index (χ1v) is 5.33. The van der Waals surface area contributed by atoms with Crippen molar-refractivity contribution in [1.29, 1.82) is 0 Å². The molecule has 0 bridgehead atoms. The third kappa shape index (κ3) is 3.95. The summed E-state index contributed by atoms with van der Waals surface area (Å²) in [5, 5.41) is 20.8. The molecule has 3 amide bonds. The summed E-state index contributed by atoms with van der Waals surface area (Å²) in [5.41, 5.74) is 5.48. The summed E-state index contributed by atoms with van der Waals surface area (Å²) in [7, 11) is 0. The van der Waals surface area contributed by atoms with E-state index in [-0.39, 0.29) is 23.7 Å². The van der Waals surface area contributed by atoms with Crippen LogP contribution in [-0.2, 0) is 4.79 Å². The summed E-state index contributed by atoms with van der Waals surface area (Å²) in [6.45, 7) is 0.571. The molecule has 0 fully saturated rings. The molecule has 0 atom stereocenters. The van der Waals surface area contributed by atoms with Gasteiger partial charge in [-0.15, -0.1) is 0 Å². The Bertz CT molecular complexity index is 416. The number of carbonyl (C=O) groups excluding carboxylic acids is 2. The fourth-order valence-electron chi connectivity index (χ4n) is 1.33. The lowest BCUT2D eigenvalue weighted by Crippen LogP contribution is -2.35. The van der Waals surface area contributed by atoms with E-state index in [1.807, 2.05) is 0 Å². The number of hydrogen-bond donors (Lipinski definition) is 4. The first-order chi connectivity index (χ1) is 8.56. The van der Waals surface area contributed by atoms with Crippen molar-refractivity contribution in [3.8, 4) is 11.5 Å². The van der Waals surface area contributed by atoms with Gasteiger partial charge in [-0.25, -0.2) is 4.79 Å². The largest absolute Gasteiger partial charge is 0.508 e. The van der Waals surface area contributed by atoms with Crippen LogP contribution in [0.2, 0.25) is 0 Å². The number of phenols is 2. The SMILES string of the molecule is NCCCN(C=O)C(=O)Nc1cc(O)cc(O)c1. The lowest BCUT2D eigenvalue weighted by Gasteiger charge is -2.16. The van der Waals surface area contributed by atoms with E-state index in [0.717, 1.165) is 11.0 Å². The van der Waals surface area contributed by atoms with Crippen molar-refractivity contribution in [2.75, 3.05) is 18.4 Å². The van der Waals surface area contributed by atoms with E-state index in [1.165, 1.54) is 12.1 Å². The maximum Gasteiger partial charge on any atom is 0.328 e. The molecule has 0 aliphatic heterocycles. The van der Waals surface area contributed by atoms with Crippen molar-refractivity contribution < 1.29 is 19.8 Å². The zero-order chi connectivity index (χ0) is 13.5. The van der Waals surface area contributed by atoms with Gasteiger partial charge in [0.05, 0.1) is 0 Å². The number of carbonyl (C=O) groups is 2. The number of hydrogen-bond acceptors (Lipinski definition) is 5. The highest BCUT2D eigenvalue weighted by Gasteiger charge is 2.12. The van der Waals surface area contributed by atoms with Gasteiger partial charge < -0.3 is 21.3 Å². The average molecular weight is 253 g/mol. The van der Waals surface area contributed by atoms with E-state index in [1.54, 1.807) is 0 Å². The maximum absolute atomic E-state index is 11.7. The van der Waals surface area contributed by atoms with E-state index >= 15 is 0 Å². The lowest BCUT2D eigenvalue weighted by molar-refractivity contribution is -0.115. The molecule has 0 saturated heterocycles. The molecule has 18 heavy (non-hydrogen) atoms. The minimum Gasteiger partial charge on any atom is -0.508 e. The van der Waals surface area contributed by atoms with Gasteiger partial charge in [0.1, 0.15) is 11.5 Å². The van der Waals surface area contributed by atoms with Crippen molar-refractivity contribution in [2.45, 2.75) is 6.42 Å². The van der Waals surface area contributed by atoms with Crippen molar-refractivity contribution in [3.05, 3.63) is 18.2 Å². The van der Waals surface area contributed by atoms with Crippen LogP contribution in [0, 0.1) is 0 Å². The van der Waals surface area contributed by atoms with Crippen molar-refractivity contribution in [2.24, 2.45) is 5.73 Å². The van der Waals surface area contributed by atoms with E-state index < -0.39 is 6.03 Å². The molecular weight excluding hydrogens is 238 g/mol. The van der Waals surface area contributed by atoms with Crippen LogP contribution in [0.4, 0.5) is 10.5 Å². The highest BCUT2D eigenvalue weighted by molar-refractivity contribution is 5.95. The molecular formula is C11H15N3O4. The standard InChI is InChI=1S/C11H15N3O4/c12-2-1-3-14(7-15)11(18)13-8-4-9(16)6-10(17)5-8/h4-7,16-17H,1-3,12H2,(H,13,18). The molecule has 0 radical (unpaired) electrons. The highest BCUT2D eigenvalue weighted by Crippen LogP contribution is 2.23. The number of benzene rings is 1. The molecule has 1 aromatic rings. The predicted octanol–water partition coefficient (Wildman–Crippen LogP) is 0.437. The summed E-state index contributed by atoms with van der Waals surface area (Å²) < 4.78 is 0. The van der Waals surface area contributed by atoms with E-state index in [2.05, 4.69) is 5.32 Å². The molecule has 7 heteroatoms. The number of anilines is 1. The zero-order valence-corrected chi connectivity index (χ0v) is 9.67.